The summed E-state index contributed by atoms with van der Waals surface area (Å²) in [6.45, 7) is 11.1. The van der Waals surface area contributed by atoms with Gasteiger partial charge in [0, 0.05) is 38.7 Å². The number of aromatic nitrogens is 2. The van der Waals surface area contributed by atoms with Crippen LogP contribution in [0.1, 0.15) is 63.8 Å². The number of hydrogen-bond acceptors (Lipinski definition) is 1. The number of pyridine rings is 1. The number of benzene rings is 2. The van der Waals surface area contributed by atoms with Gasteiger partial charge in [-0.2, -0.15) is 0 Å². The van der Waals surface area contributed by atoms with Crippen LogP contribution in [0.2, 0.25) is 0 Å². The Morgan fingerprint density at radius 1 is 0.966 bits per heavy atom. The fourth-order valence-corrected chi connectivity index (χ4v) is 5.03. The smallest absolute Gasteiger partial charge is 0.0805 e. The van der Waals surface area contributed by atoms with E-state index in [4.69, 9.17) is 4.98 Å². The molecule has 0 aliphatic rings. The van der Waals surface area contributed by atoms with Crippen LogP contribution >= 0.6 is 15.9 Å². The third-order valence-electron chi connectivity index (χ3n) is 6.16. The van der Waals surface area contributed by atoms with Crippen molar-refractivity contribution in [1.82, 2.24) is 9.55 Å². The average molecular weight is 449 g/mol. The number of aryl methyl sites for hydroxylation is 1. The van der Waals surface area contributed by atoms with Gasteiger partial charge in [-0.25, -0.2) is 0 Å². The zero-order chi connectivity index (χ0) is 20.7. The molecule has 0 radical (unpaired) electrons. The summed E-state index contributed by atoms with van der Waals surface area (Å²) in [5.41, 5.74) is 7.23. The van der Waals surface area contributed by atoms with E-state index in [0.717, 1.165) is 28.5 Å². The lowest BCUT2D eigenvalue weighted by Crippen LogP contribution is -2.06. The molecule has 0 atom stereocenters. The first-order valence-corrected chi connectivity index (χ1v) is 11.4. The summed E-state index contributed by atoms with van der Waals surface area (Å²) >= 11 is 3.83. The van der Waals surface area contributed by atoms with Crippen molar-refractivity contribution in [1.29, 1.82) is 0 Å². The molecule has 0 aliphatic heterocycles. The molecule has 29 heavy (non-hydrogen) atoms. The number of fused-ring (bicyclic) bond motifs is 3. The highest BCUT2D eigenvalue weighted by atomic mass is 79.9. The maximum absolute atomic E-state index is 5.07. The van der Waals surface area contributed by atoms with Crippen molar-refractivity contribution in [2.24, 2.45) is 0 Å². The fourth-order valence-electron chi connectivity index (χ4n) is 4.42. The third-order valence-corrected chi connectivity index (χ3v) is 6.82. The summed E-state index contributed by atoms with van der Waals surface area (Å²) in [4.78, 5) is 5.07. The molecule has 2 aromatic carbocycles. The van der Waals surface area contributed by atoms with E-state index in [0.29, 0.717) is 12.0 Å². The highest BCUT2D eigenvalue weighted by Crippen LogP contribution is 2.38. The van der Waals surface area contributed by atoms with E-state index in [2.05, 4.69) is 104 Å². The highest BCUT2D eigenvalue weighted by molar-refractivity contribution is 9.10. The van der Waals surface area contributed by atoms with Crippen LogP contribution in [-0.4, -0.2) is 9.55 Å². The lowest BCUT2D eigenvalue weighted by molar-refractivity contribution is 0.486. The average Bonchev–Trinajstić information content (AvgIpc) is 3.15. The van der Waals surface area contributed by atoms with Crippen LogP contribution in [0.25, 0.3) is 32.9 Å². The van der Waals surface area contributed by atoms with E-state index >= 15 is 0 Å². The minimum Gasteiger partial charge on any atom is -0.344 e. The molecular formula is C26H29BrN2. The number of nitrogens with zero attached hydrogens (tertiary/aromatic N) is 2. The summed E-state index contributed by atoms with van der Waals surface area (Å²) in [6.07, 6.45) is 4.51. The summed E-state index contributed by atoms with van der Waals surface area (Å²) in [6, 6.07) is 16.0. The maximum Gasteiger partial charge on any atom is 0.0805 e. The second-order valence-corrected chi connectivity index (χ2v) is 9.10. The number of hydrogen-bond donors (Lipinski definition) is 0. The van der Waals surface area contributed by atoms with Crippen LogP contribution in [0.15, 0.2) is 53.1 Å². The Morgan fingerprint density at radius 2 is 1.72 bits per heavy atom. The van der Waals surface area contributed by atoms with E-state index in [1.165, 1.54) is 33.0 Å². The van der Waals surface area contributed by atoms with Crippen molar-refractivity contribution >= 4 is 37.7 Å². The minimum absolute atomic E-state index is 0.510. The minimum atomic E-state index is 0.510. The van der Waals surface area contributed by atoms with Crippen molar-refractivity contribution in [3.8, 4) is 11.1 Å². The van der Waals surface area contributed by atoms with Gasteiger partial charge in [-0.1, -0.05) is 74.0 Å². The van der Waals surface area contributed by atoms with E-state index in [1.807, 2.05) is 0 Å². The van der Waals surface area contributed by atoms with Crippen molar-refractivity contribution in [3.05, 3.63) is 64.4 Å². The molecule has 150 valence electrons. The van der Waals surface area contributed by atoms with Crippen LogP contribution < -0.4 is 0 Å². The summed E-state index contributed by atoms with van der Waals surface area (Å²) < 4.78 is 3.60. The predicted octanol–water partition coefficient (Wildman–Crippen LogP) is 8.41. The van der Waals surface area contributed by atoms with Gasteiger partial charge in [0.05, 0.1) is 11.0 Å². The topological polar surface area (TPSA) is 17.8 Å². The zero-order valence-electron chi connectivity index (χ0n) is 18.0. The van der Waals surface area contributed by atoms with Gasteiger partial charge in [0.25, 0.3) is 0 Å². The second-order valence-electron chi connectivity index (χ2n) is 8.25. The van der Waals surface area contributed by atoms with Gasteiger partial charge in [0.2, 0.25) is 0 Å². The van der Waals surface area contributed by atoms with Crippen LogP contribution in [0, 0.1) is 6.92 Å². The Kier molecular flexibility index (Phi) is 5.52. The Morgan fingerprint density at radius 3 is 2.38 bits per heavy atom. The first kappa shape index (κ1) is 20.2. The lowest BCUT2D eigenvalue weighted by atomic mass is 9.96. The molecule has 0 N–H and O–H groups in total. The Labute approximate surface area is 182 Å². The highest BCUT2D eigenvalue weighted by Gasteiger charge is 2.17. The summed E-state index contributed by atoms with van der Waals surface area (Å²) in [5, 5.41) is 2.50. The van der Waals surface area contributed by atoms with Gasteiger partial charge in [-0.3, -0.25) is 4.98 Å². The van der Waals surface area contributed by atoms with Crippen LogP contribution in [0.5, 0.6) is 0 Å². The van der Waals surface area contributed by atoms with E-state index < -0.39 is 0 Å². The fraction of sp³-hybridized carbons (Fsp3) is 0.346. The zero-order valence-corrected chi connectivity index (χ0v) is 19.5. The van der Waals surface area contributed by atoms with Crippen LogP contribution in [0.4, 0.5) is 0 Å². The Balaban J connectivity index is 2.02. The van der Waals surface area contributed by atoms with Gasteiger partial charge < -0.3 is 4.57 Å². The first-order valence-electron chi connectivity index (χ1n) is 10.7. The molecule has 0 bridgehead atoms. The molecule has 4 rings (SSSR count). The second kappa shape index (κ2) is 7.95. The predicted molar refractivity (Wildman–Crippen MR) is 129 cm³/mol. The molecule has 4 aromatic rings. The van der Waals surface area contributed by atoms with Gasteiger partial charge in [0.1, 0.15) is 0 Å². The molecule has 0 saturated carbocycles. The molecular weight excluding hydrogens is 420 g/mol. The van der Waals surface area contributed by atoms with E-state index in [1.54, 1.807) is 0 Å². The molecule has 0 saturated heterocycles. The molecule has 2 aromatic heterocycles. The van der Waals surface area contributed by atoms with E-state index in [9.17, 15) is 0 Å². The van der Waals surface area contributed by atoms with Crippen molar-refractivity contribution in [2.75, 3.05) is 0 Å². The summed E-state index contributed by atoms with van der Waals surface area (Å²) in [5.74, 6) is 0.510. The monoisotopic (exact) mass is 448 g/mol. The molecule has 2 heterocycles. The van der Waals surface area contributed by atoms with Crippen LogP contribution in [-0.2, 0) is 0 Å². The quantitative estimate of drug-likeness (QED) is 0.299. The normalized spacial score (nSPS) is 12.0. The SMILES string of the molecule is CCC(CC)n1ccc2c(C)nc3c(-c4ccc(C(C)C)cc4Br)cccc3c21. The van der Waals surface area contributed by atoms with Crippen LogP contribution in [0.3, 0.4) is 0 Å². The molecule has 0 spiro atoms. The number of para-hydroxylation sites is 1. The van der Waals surface area contributed by atoms with Gasteiger partial charge in [0.15, 0.2) is 0 Å². The lowest BCUT2D eigenvalue weighted by Gasteiger charge is -2.19. The number of rotatable bonds is 5. The van der Waals surface area contributed by atoms with Crippen molar-refractivity contribution in [3.63, 3.8) is 0 Å². The molecule has 0 fully saturated rings. The van der Waals surface area contributed by atoms with Crippen molar-refractivity contribution < 1.29 is 0 Å². The molecule has 3 heteroatoms. The Hall–Kier alpha value is -2.13. The largest absolute Gasteiger partial charge is 0.344 e. The van der Waals surface area contributed by atoms with E-state index in [-0.39, 0.29) is 0 Å². The first-order chi connectivity index (χ1) is 14.0. The summed E-state index contributed by atoms with van der Waals surface area (Å²) in [7, 11) is 0. The molecule has 2 nitrogen and oxygen atoms in total. The molecule has 0 unspecified atom stereocenters. The maximum atomic E-state index is 5.07. The molecule has 0 aliphatic carbocycles. The Bertz CT molecular complexity index is 1180. The standard InChI is InChI=1S/C26H29BrN2/c1-6-19(7-2)29-14-13-20-17(5)28-25-22(9-8-10-23(25)26(20)29)21-12-11-18(16(3)4)15-24(21)27/h8-16,19H,6-7H2,1-5H3. The van der Waals surface area contributed by atoms with Gasteiger partial charge in [-0.05, 0) is 48.9 Å². The van der Waals surface area contributed by atoms with Gasteiger partial charge >= 0.3 is 0 Å². The van der Waals surface area contributed by atoms with Gasteiger partial charge in [-0.15, -0.1) is 0 Å². The number of halogens is 1. The van der Waals surface area contributed by atoms with Crippen molar-refractivity contribution in [2.45, 2.75) is 59.4 Å². The molecule has 0 amide bonds. The third kappa shape index (κ3) is 3.40.